The first-order valence-electron chi connectivity index (χ1n) is 3.85. The van der Waals surface area contributed by atoms with E-state index >= 15 is 0 Å². The fourth-order valence-electron chi connectivity index (χ4n) is 1.02. The second-order valence-electron chi connectivity index (χ2n) is 2.79. The molecule has 4 N–H and O–H groups in total. The summed E-state index contributed by atoms with van der Waals surface area (Å²) in [6.45, 7) is 0. The number of amides is 1. The minimum absolute atomic E-state index is 0.0928. The lowest BCUT2D eigenvalue weighted by atomic mass is 10.1. The molecular formula is C8H6BrF3N2O2. The van der Waals surface area contributed by atoms with Crippen molar-refractivity contribution in [3.63, 3.8) is 0 Å². The zero-order valence-corrected chi connectivity index (χ0v) is 9.22. The van der Waals surface area contributed by atoms with Crippen LogP contribution in [0.15, 0.2) is 16.6 Å². The Hall–Kier alpha value is -1.44. The highest BCUT2D eigenvalue weighted by Crippen LogP contribution is 2.35. The summed E-state index contributed by atoms with van der Waals surface area (Å²) >= 11 is 2.81. The van der Waals surface area contributed by atoms with Crippen molar-refractivity contribution in [3.05, 3.63) is 22.2 Å². The summed E-state index contributed by atoms with van der Waals surface area (Å²) in [5.74, 6) is -1.76. The third-order valence-corrected chi connectivity index (χ3v) is 2.14. The van der Waals surface area contributed by atoms with Gasteiger partial charge in [0.1, 0.15) is 0 Å². The van der Waals surface area contributed by atoms with Crippen LogP contribution in [0.5, 0.6) is 5.75 Å². The summed E-state index contributed by atoms with van der Waals surface area (Å²) in [5.41, 5.74) is 9.92. The lowest BCUT2D eigenvalue weighted by Gasteiger charge is -2.13. The third-order valence-electron chi connectivity index (χ3n) is 1.55. The van der Waals surface area contributed by atoms with Crippen molar-refractivity contribution in [1.82, 2.24) is 0 Å². The van der Waals surface area contributed by atoms with Crippen molar-refractivity contribution in [2.75, 3.05) is 5.73 Å². The molecule has 0 saturated heterocycles. The fraction of sp³-hybridized carbons (Fsp3) is 0.125. The van der Waals surface area contributed by atoms with Gasteiger partial charge in [0.15, 0.2) is 5.75 Å². The third kappa shape index (κ3) is 3.02. The number of nitrogens with two attached hydrogens (primary N) is 2. The molecular weight excluding hydrogens is 293 g/mol. The first-order chi connectivity index (χ1) is 7.20. The van der Waals surface area contributed by atoms with Crippen LogP contribution < -0.4 is 16.2 Å². The highest BCUT2D eigenvalue weighted by Gasteiger charge is 2.34. The second kappa shape index (κ2) is 4.20. The predicted octanol–water partition coefficient (Wildman–Crippen LogP) is 2.03. The summed E-state index contributed by atoms with van der Waals surface area (Å²) < 4.78 is 39.7. The number of benzene rings is 1. The molecule has 0 atom stereocenters. The van der Waals surface area contributed by atoms with E-state index in [2.05, 4.69) is 20.7 Å². The van der Waals surface area contributed by atoms with E-state index in [9.17, 15) is 18.0 Å². The monoisotopic (exact) mass is 298 g/mol. The number of anilines is 1. The van der Waals surface area contributed by atoms with Crippen molar-refractivity contribution in [3.8, 4) is 5.75 Å². The standard InChI is InChI=1S/C8H6BrF3N2O2/c9-5-2-3(13)1-4(7(14)15)6(5)16-8(10,11)12/h1-2H,13H2,(H2,14,15). The van der Waals surface area contributed by atoms with Crippen LogP contribution in [0.2, 0.25) is 0 Å². The van der Waals surface area contributed by atoms with E-state index in [0.717, 1.165) is 6.07 Å². The van der Waals surface area contributed by atoms with Crippen LogP contribution in [0.4, 0.5) is 18.9 Å². The zero-order chi connectivity index (χ0) is 12.5. The Balaban J connectivity index is 3.30. The summed E-state index contributed by atoms with van der Waals surface area (Å²) in [4.78, 5) is 10.9. The first-order valence-corrected chi connectivity index (χ1v) is 4.64. The molecule has 0 heterocycles. The van der Waals surface area contributed by atoms with Gasteiger partial charge < -0.3 is 16.2 Å². The van der Waals surface area contributed by atoms with E-state index in [4.69, 9.17) is 11.5 Å². The molecule has 4 nitrogen and oxygen atoms in total. The van der Waals surface area contributed by atoms with Gasteiger partial charge in [0, 0.05) is 5.69 Å². The number of alkyl halides is 3. The van der Waals surface area contributed by atoms with E-state index in [0.29, 0.717) is 0 Å². The van der Waals surface area contributed by atoms with Crippen molar-refractivity contribution in [2.24, 2.45) is 5.73 Å². The molecule has 0 aliphatic heterocycles. The van der Waals surface area contributed by atoms with Crippen molar-refractivity contribution >= 4 is 27.5 Å². The largest absolute Gasteiger partial charge is 0.573 e. The van der Waals surface area contributed by atoms with Crippen LogP contribution in [-0.2, 0) is 0 Å². The topological polar surface area (TPSA) is 78.3 Å². The number of hydrogen-bond donors (Lipinski definition) is 2. The van der Waals surface area contributed by atoms with E-state index in [1.165, 1.54) is 6.07 Å². The van der Waals surface area contributed by atoms with Gasteiger partial charge in [-0.25, -0.2) is 0 Å². The molecule has 1 rings (SSSR count). The number of hydrogen-bond acceptors (Lipinski definition) is 3. The maximum absolute atomic E-state index is 12.0. The quantitative estimate of drug-likeness (QED) is 0.820. The van der Waals surface area contributed by atoms with Crippen molar-refractivity contribution < 1.29 is 22.7 Å². The second-order valence-corrected chi connectivity index (χ2v) is 3.65. The molecule has 16 heavy (non-hydrogen) atoms. The Kier molecular flexibility index (Phi) is 3.32. The van der Waals surface area contributed by atoms with Gasteiger partial charge in [0.25, 0.3) is 5.91 Å². The number of halogens is 4. The highest BCUT2D eigenvalue weighted by atomic mass is 79.9. The van der Waals surface area contributed by atoms with Gasteiger partial charge in [-0.2, -0.15) is 0 Å². The molecule has 0 spiro atoms. The highest BCUT2D eigenvalue weighted by molar-refractivity contribution is 9.10. The minimum atomic E-state index is -4.91. The molecule has 0 bridgehead atoms. The number of carbonyl (C=O) groups is 1. The summed E-state index contributed by atoms with van der Waals surface area (Å²) in [6.07, 6.45) is -4.91. The van der Waals surface area contributed by atoms with Crippen molar-refractivity contribution in [2.45, 2.75) is 6.36 Å². The van der Waals surface area contributed by atoms with Gasteiger partial charge in [0.2, 0.25) is 0 Å². The van der Waals surface area contributed by atoms with Crippen LogP contribution in [0.25, 0.3) is 0 Å². The normalized spacial score (nSPS) is 11.2. The SMILES string of the molecule is NC(=O)c1cc(N)cc(Br)c1OC(F)(F)F. The van der Waals surface area contributed by atoms with E-state index in [1.54, 1.807) is 0 Å². The molecule has 0 aliphatic rings. The molecule has 0 fully saturated rings. The average molecular weight is 299 g/mol. The summed E-state index contributed by atoms with van der Waals surface area (Å²) in [7, 11) is 0. The Labute approximate surface area is 96.5 Å². The van der Waals surface area contributed by atoms with Crippen LogP contribution in [0, 0.1) is 0 Å². The van der Waals surface area contributed by atoms with Gasteiger partial charge in [-0.3, -0.25) is 4.79 Å². The number of rotatable bonds is 2. The number of carbonyl (C=O) groups excluding carboxylic acids is 1. The molecule has 0 aromatic heterocycles. The number of ether oxygens (including phenoxy) is 1. The van der Waals surface area contributed by atoms with Crippen LogP contribution in [0.1, 0.15) is 10.4 Å². The molecule has 1 aromatic carbocycles. The molecule has 0 unspecified atom stereocenters. The molecule has 0 aliphatic carbocycles. The van der Waals surface area contributed by atoms with E-state index in [-0.39, 0.29) is 10.2 Å². The Morgan fingerprint density at radius 3 is 2.38 bits per heavy atom. The van der Waals surface area contributed by atoms with Crippen LogP contribution >= 0.6 is 15.9 Å². The molecule has 0 radical (unpaired) electrons. The maximum atomic E-state index is 12.0. The Bertz CT molecular complexity index is 434. The minimum Gasteiger partial charge on any atom is -0.404 e. The van der Waals surface area contributed by atoms with Gasteiger partial charge in [0.05, 0.1) is 10.0 Å². The predicted molar refractivity (Wildman–Crippen MR) is 53.8 cm³/mol. The van der Waals surface area contributed by atoms with E-state index in [1.807, 2.05) is 0 Å². The Morgan fingerprint density at radius 1 is 1.38 bits per heavy atom. The van der Waals surface area contributed by atoms with E-state index < -0.39 is 23.6 Å². The Morgan fingerprint density at radius 2 is 1.94 bits per heavy atom. The maximum Gasteiger partial charge on any atom is 0.573 e. The number of nitrogen functional groups attached to an aromatic ring is 1. The smallest absolute Gasteiger partial charge is 0.404 e. The van der Waals surface area contributed by atoms with Gasteiger partial charge >= 0.3 is 6.36 Å². The fourth-order valence-corrected chi connectivity index (χ4v) is 1.58. The van der Waals surface area contributed by atoms with Gasteiger partial charge in [-0.15, -0.1) is 13.2 Å². The lowest BCUT2D eigenvalue weighted by molar-refractivity contribution is -0.275. The molecule has 88 valence electrons. The zero-order valence-electron chi connectivity index (χ0n) is 7.64. The molecule has 1 amide bonds. The van der Waals surface area contributed by atoms with Crippen LogP contribution in [-0.4, -0.2) is 12.3 Å². The first kappa shape index (κ1) is 12.6. The van der Waals surface area contributed by atoms with Gasteiger partial charge in [-0.1, -0.05) is 0 Å². The average Bonchev–Trinajstić information content (AvgIpc) is 2.07. The molecule has 0 saturated carbocycles. The lowest BCUT2D eigenvalue weighted by Crippen LogP contribution is -2.21. The van der Waals surface area contributed by atoms with Crippen molar-refractivity contribution in [1.29, 1.82) is 0 Å². The summed E-state index contributed by atoms with van der Waals surface area (Å²) in [6, 6.07) is 2.18. The summed E-state index contributed by atoms with van der Waals surface area (Å²) in [5, 5.41) is 0. The molecule has 1 aromatic rings. The van der Waals surface area contributed by atoms with Gasteiger partial charge in [-0.05, 0) is 28.1 Å². The molecule has 8 heteroatoms. The number of primary amides is 1. The van der Waals surface area contributed by atoms with Crippen LogP contribution in [0.3, 0.4) is 0 Å².